The molecule has 2 rings (SSSR count). The van der Waals surface area contributed by atoms with Gasteiger partial charge in [-0.05, 0) is 31.4 Å². The van der Waals surface area contributed by atoms with Crippen LogP contribution >= 0.6 is 0 Å². The smallest absolute Gasteiger partial charge is 0.355 e. The topological polar surface area (TPSA) is 51.3 Å². The van der Waals surface area contributed by atoms with E-state index in [9.17, 15) is 4.79 Å². The van der Waals surface area contributed by atoms with Crippen molar-refractivity contribution < 1.29 is 14.3 Å². The lowest BCUT2D eigenvalue weighted by Gasteiger charge is -2.21. The third kappa shape index (κ3) is 2.64. The van der Waals surface area contributed by atoms with Gasteiger partial charge in [0.2, 0.25) is 0 Å². The molecule has 1 atom stereocenters. The maximum Gasteiger partial charge on any atom is 0.355 e. The molecule has 4 heteroatoms. The Bertz CT molecular complexity index is 353. The van der Waals surface area contributed by atoms with Gasteiger partial charge in [0.15, 0.2) is 0 Å². The molecule has 2 heterocycles. The lowest BCUT2D eigenvalue weighted by Crippen LogP contribution is -2.23. The lowest BCUT2D eigenvalue weighted by molar-refractivity contribution is 0.00824. The lowest BCUT2D eigenvalue weighted by atomic mass is 10.0. The van der Waals surface area contributed by atoms with Crippen LogP contribution in [0.3, 0.4) is 0 Å². The minimum atomic E-state index is -0.270. The minimum Gasteiger partial charge on any atom is -0.461 e. The highest BCUT2D eigenvalue weighted by atomic mass is 16.5. The highest BCUT2D eigenvalue weighted by molar-refractivity contribution is 5.88. The van der Waals surface area contributed by atoms with Gasteiger partial charge in [-0.1, -0.05) is 0 Å². The summed E-state index contributed by atoms with van der Waals surface area (Å²) in [5.74, 6) is 0.0843. The molecule has 1 aliphatic heterocycles. The van der Waals surface area contributed by atoms with Crippen molar-refractivity contribution in [1.82, 2.24) is 4.98 Å². The summed E-state index contributed by atoms with van der Waals surface area (Å²) in [5, 5.41) is 0. The number of aromatic nitrogens is 1. The van der Waals surface area contributed by atoms with Gasteiger partial charge in [0.05, 0.1) is 13.2 Å². The highest BCUT2D eigenvalue weighted by Gasteiger charge is 2.17. The van der Waals surface area contributed by atoms with Gasteiger partial charge in [0.25, 0.3) is 0 Å². The van der Waals surface area contributed by atoms with E-state index < -0.39 is 0 Å². The Morgan fingerprint density at radius 1 is 1.69 bits per heavy atom. The minimum absolute atomic E-state index is 0.270. The van der Waals surface area contributed by atoms with E-state index in [1.54, 1.807) is 6.20 Å². The predicted octanol–water partition coefficient (Wildman–Crippen LogP) is 1.91. The molecule has 1 aromatic rings. The summed E-state index contributed by atoms with van der Waals surface area (Å²) in [5.41, 5.74) is 1.47. The van der Waals surface area contributed by atoms with Gasteiger partial charge >= 0.3 is 5.97 Å². The first-order chi connectivity index (χ1) is 7.77. The molecule has 88 valence electrons. The van der Waals surface area contributed by atoms with Gasteiger partial charge in [-0.15, -0.1) is 0 Å². The van der Waals surface area contributed by atoms with Gasteiger partial charge in [0, 0.05) is 18.7 Å². The molecule has 1 N–H and O–H groups in total. The molecule has 1 fully saturated rings. The number of rotatable bonds is 3. The van der Waals surface area contributed by atoms with E-state index in [4.69, 9.17) is 9.47 Å². The third-order valence-electron chi connectivity index (χ3n) is 2.86. The second-order valence-corrected chi connectivity index (χ2v) is 4.22. The largest absolute Gasteiger partial charge is 0.461 e. The van der Waals surface area contributed by atoms with Crippen molar-refractivity contribution in [2.24, 2.45) is 5.92 Å². The van der Waals surface area contributed by atoms with Crippen LogP contribution < -0.4 is 0 Å². The van der Waals surface area contributed by atoms with E-state index in [1.807, 2.05) is 13.0 Å². The van der Waals surface area contributed by atoms with E-state index >= 15 is 0 Å². The quantitative estimate of drug-likeness (QED) is 0.796. The Morgan fingerprint density at radius 2 is 2.56 bits per heavy atom. The maximum atomic E-state index is 11.7. The number of H-pyrrole nitrogens is 1. The molecule has 16 heavy (non-hydrogen) atoms. The molecule has 0 amide bonds. The molecule has 0 saturated carbocycles. The van der Waals surface area contributed by atoms with Crippen molar-refractivity contribution in [2.75, 3.05) is 19.8 Å². The molecular weight excluding hydrogens is 206 g/mol. The Labute approximate surface area is 94.9 Å². The van der Waals surface area contributed by atoms with Crippen molar-refractivity contribution in [1.29, 1.82) is 0 Å². The summed E-state index contributed by atoms with van der Waals surface area (Å²) >= 11 is 0. The van der Waals surface area contributed by atoms with Gasteiger partial charge in [-0.25, -0.2) is 4.79 Å². The number of hydrogen-bond donors (Lipinski definition) is 1. The average Bonchev–Trinajstić information content (AvgIpc) is 2.74. The Hall–Kier alpha value is -1.29. The molecule has 0 aliphatic carbocycles. The van der Waals surface area contributed by atoms with Crippen LogP contribution in [0.1, 0.15) is 28.9 Å². The van der Waals surface area contributed by atoms with Crippen molar-refractivity contribution in [2.45, 2.75) is 19.8 Å². The number of hydrogen-bond acceptors (Lipinski definition) is 3. The first kappa shape index (κ1) is 11.2. The summed E-state index contributed by atoms with van der Waals surface area (Å²) < 4.78 is 10.6. The van der Waals surface area contributed by atoms with E-state index in [1.165, 1.54) is 0 Å². The fourth-order valence-electron chi connectivity index (χ4n) is 1.87. The maximum absolute atomic E-state index is 11.7. The monoisotopic (exact) mass is 223 g/mol. The van der Waals surface area contributed by atoms with E-state index in [-0.39, 0.29) is 5.97 Å². The van der Waals surface area contributed by atoms with Crippen LogP contribution in [0, 0.1) is 12.8 Å². The van der Waals surface area contributed by atoms with Crippen LogP contribution in [-0.2, 0) is 9.47 Å². The molecule has 0 bridgehead atoms. The Balaban J connectivity index is 1.81. The molecule has 1 unspecified atom stereocenters. The van der Waals surface area contributed by atoms with E-state index in [0.717, 1.165) is 25.0 Å². The number of ether oxygens (including phenoxy) is 2. The fourth-order valence-corrected chi connectivity index (χ4v) is 1.87. The van der Waals surface area contributed by atoms with Gasteiger partial charge in [-0.3, -0.25) is 0 Å². The second kappa shape index (κ2) is 5.16. The summed E-state index contributed by atoms with van der Waals surface area (Å²) in [4.78, 5) is 14.6. The number of nitrogens with one attached hydrogen (secondary N) is 1. The third-order valence-corrected chi connectivity index (χ3v) is 2.86. The Kier molecular flexibility index (Phi) is 3.62. The zero-order chi connectivity index (χ0) is 11.4. The molecule has 1 saturated heterocycles. The van der Waals surface area contributed by atoms with Gasteiger partial charge in [-0.2, -0.15) is 0 Å². The normalized spacial score (nSPS) is 20.7. The van der Waals surface area contributed by atoms with Crippen LogP contribution in [-0.4, -0.2) is 30.8 Å². The molecule has 0 aromatic carbocycles. The summed E-state index contributed by atoms with van der Waals surface area (Å²) in [6.07, 6.45) is 3.89. The van der Waals surface area contributed by atoms with Crippen LogP contribution in [0.5, 0.6) is 0 Å². The molecule has 4 nitrogen and oxygen atoms in total. The molecule has 1 aromatic heterocycles. The van der Waals surface area contributed by atoms with Crippen LogP contribution in [0.25, 0.3) is 0 Å². The van der Waals surface area contributed by atoms with E-state index in [2.05, 4.69) is 4.98 Å². The zero-order valence-electron chi connectivity index (χ0n) is 9.49. The second-order valence-electron chi connectivity index (χ2n) is 4.22. The van der Waals surface area contributed by atoms with Crippen LogP contribution in [0.2, 0.25) is 0 Å². The molecule has 0 radical (unpaired) electrons. The van der Waals surface area contributed by atoms with Crippen molar-refractivity contribution >= 4 is 5.97 Å². The standard InChI is InChI=1S/C12H17NO3/c1-9-4-5-13-11(9)12(14)16-8-10-3-2-6-15-7-10/h4-5,10,13H,2-3,6-8H2,1H3. The zero-order valence-corrected chi connectivity index (χ0v) is 9.49. The van der Waals surface area contributed by atoms with E-state index in [0.29, 0.717) is 24.8 Å². The number of carbonyl (C=O) groups excluding carboxylic acids is 1. The van der Waals surface area contributed by atoms with Crippen LogP contribution in [0.15, 0.2) is 12.3 Å². The number of esters is 1. The molecular formula is C12H17NO3. The van der Waals surface area contributed by atoms with Crippen molar-refractivity contribution in [3.8, 4) is 0 Å². The highest BCUT2D eigenvalue weighted by Crippen LogP contribution is 2.15. The van der Waals surface area contributed by atoms with Gasteiger partial charge < -0.3 is 14.5 Å². The number of carbonyl (C=O) groups is 1. The molecule has 0 spiro atoms. The first-order valence-electron chi connectivity index (χ1n) is 5.66. The number of aryl methyl sites for hydroxylation is 1. The fraction of sp³-hybridized carbons (Fsp3) is 0.583. The summed E-state index contributed by atoms with van der Waals surface area (Å²) in [7, 11) is 0. The first-order valence-corrected chi connectivity index (χ1v) is 5.66. The molecule has 1 aliphatic rings. The number of aromatic amines is 1. The van der Waals surface area contributed by atoms with Crippen LogP contribution in [0.4, 0.5) is 0 Å². The predicted molar refractivity (Wildman–Crippen MR) is 59.4 cm³/mol. The Morgan fingerprint density at radius 3 is 3.19 bits per heavy atom. The van der Waals surface area contributed by atoms with Gasteiger partial charge in [0.1, 0.15) is 5.69 Å². The summed E-state index contributed by atoms with van der Waals surface area (Å²) in [6.45, 7) is 3.88. The average molecular weight is 223 g/mol. The van der Waals surface area contributed by atoms with Crippen molar-refractivity contribution in [3.63, 3.8) is 0 Å². The SMILES string of the molecule is Cc1cc[nH]c1C(=O)OCC1CCCOC1. The summed E-state index contributed by atoms with van der Waals surface area (Å²) in [6, 6.07) is 1.86. The van der Waals surface area contributed by atoms with Crippen molar-refractivity contribution in [3.05, 3.63) is 23.5 Å².